The third kappa shape index (κ3) is 5.34. The van der Waals surface area contributed by atoms with Crippen molar-refractivity contribution in [3.8, 4) is 55.6 Å². The first kappa shape index (κ1) is 42.5. The first-order valence-corrected chi connectivity index (χ1v) is 27.2. The minimum absolute atomic E-state index is 1.26. The fraction of sp³-hybridized carbons (Fsp3) is 0.105. The van der Waals surface area contributed by atoms with Gasteiger partial charge in [-0.1, -0.05) is 197 Å². The number of aryl methyl sites for hydroxylation is 8. The average molecular weight is 965 g/mol. The van der Waals surface area contributed by atoms with Crippen LogP contribution >= 0.6 is 0 Å². The fourth-order valence-electron chi connectivity index (χ4n) is 15.8. The highest BCUT2D eigenvalue weighted by atomic mass is 14.4. The quantitative estimate of drug-likeness (QED) is 0.122. The van der Waals surface area contributed by atoms with Crippen LogP contribution in [-0.2, 0) is 0 Å². The molecule has 0 aliphatic heterocycles. The molecule has 0 N–H and O–H groups in total. The second kappa shape index (κ2) is 14.5. The molecule has 17 rings (SSSR count). The van der Waals surface area contributed by atoms with E-state index in [1.807, 2.05) is 0 Å². The van der Waals surface area contributed by atoms with Crippen molar-refractivity contribution in [3.05, 3.63) is 214 Å². The minimum atomic E-state index is 1.26. The van der Waals surface area contributed by atoms with E-state index in [1.165, 1.54) is 219 Å². The molecule has 16 aromatic carbocycles. The van der Waals surface area contributed by atoms with E-state index >= 15 is 0 Å². The van der Waals surface area contributed by atoms with Crippen LogP contribution in [0.3, 0.4) is 0 Å². The summed E-state index contributed by atoms with van der Waals surface area (Å²) in [6, 6.07) is 67.3. The summed E-state index contributed by atoms with van der Waals surface area (Å²) in [4.78, 5) is 0. The molecule has 1 aliphatic rings. The molecule has 0 aromatic heterocycles. The van der Waals surface area contributed by atoms with Crippen molar-refractivity contribution in [3.63, 3.8) is 0 Å². The van der Waals surface area contributed by atoms with Crippen molar-refractivity contribution in [1.29, 1.82) is 0 Å². The van der Waals surface area contributed by atoms with Gasteiger partial charge in [0.1, 0.15) is 0 Å². The Hall–Kier alpha value is -8.84. The van der Waals surface area contributed by atoms with E-state index in [9.17, 15) is 0 Å². The summed E-state index contributed by atoms with van der Waals surface area (Å²) in [5, 5.41) is 29.7. The molecule has 0 saturated carbocycles. The molecule has 0 nitrogen and oxygen atoms in total. The Morgan fingerprint density at radius 2 is 0.579 bits per heavy atom. The smallest absolute Gasteiger partial charge is 0.000696 e. The summed E-state index contributed by atoms with van der Waals surface area (Å²) in [5.74, 6) is 0. The van der Waals surface area contributed by atoms with Gasteiger partial charge in [-0.25, -0.2) is 0 Å². The van der Waals surface area contributed by atoms with Gasteiger partial charge < -0.3 is 0 Å². The van der Waals surface area contributed by atoms with Gasteiger partial charge in [-0.05, 0) is 247 Å². The Bertz CT molecular complexity index is 5120. The van der Waals surface area contributed by atoms with E-state index in [0.29, 0.717) is 0 Å². The number of fused-ring (bicyclic) bond motifs is 14. The van der Waals surface area contributed by atoms with Crippen LogP contribution < -0.4 is 0 Å². The first-order valence-electron chi connectivity index (χ1n) is 27.2. The van der Waals surface area contributed by atoms with E-state index in [0.717, 1.165) is 0 Å². The van der Waals surface area contributed by atoms with Crippen molar-refractivity contribution >= 4 is 118 Å². The molecule has 76 heavy (non-hydrogen) atoms. The maximum Gasteiger partial charge on any atom is -0.000696 e. The van der Waals surface area contributed by atoms with Gasteiger partial charge in [0.05, 0.1) is 0 Å². The van der Waals surface area contributed by atoms with Gasteiger partial charge >= 0.3 is 0 Å². The van der Waals surface area contributed by atoms with Crippen LogP contribution in [0.5, 0.6) is 0 Å². The van der Waals surface area contributed by atoms with Crippen LogP contribution in [0.4, 0.5) is 0 Å². The molecule has 0 spiro atoms. The lowest BCUT2D eigenvalue weighted by molar-refractivity contribution is 1.38. The summed E-state index contributed by atoms with van der Waals surface area (Å²) in [6.45, 7) is 18.1. The van der Waals surface area contributed by atoms with Gasteiger partial charge in [-0.2, -0.15) is 0 Å². The molecule has 0 heteroatoms. The summed E-state index contributed by atoms with van der Waals surface area (Å²) in [6.07, 6.45) is 0. The number of benzene rings is 14. The second-order valence-electron chi connectivity index (χ2n) is 23.2. The second-order valence-corrected chi connectivity index (χ2v) is 23.2. The molecule has 0 amide bonds. The Morgan fingerprint density at radius 3 is 1.11 bits per heavy atom. The molecular formula is C76H52. The van der Waals surface area contributed by atoms with Crippen molar-refractivity contribution in [1.82, 2.24) is 0 Å². The number of hydrogen-bond donors (Lipinski definition) is 0. The van der Waals surface area contributed by atoms with Gasteiger partial charge in [-0.3, -0.25) is 0 Å². The number of hydrogen-bond acceptors (Lipinski definition) is 0. The van der Waals surface area contributed by atoms with E-state index in [1.54, 1.807) is 0 Å². The average Bonchev–Trinajstić information content (AvgIpc) is 4.04. The zero-order valence-electron chi connectivity index (χ0n) is 44.2. The molecule has 0 unspecified atom stereocenters. The van der Waals surface area contributed by atoms with E-state index < -0.39 is 0 Å². The van der Waals surface area contributed by atoms with Crippen LogP contribution in [0, 0.1) is 55.4 Å². The van der Waals surface area contributed by atoms with Crippen LogP contribution in [0.15, 0.2) is 170 Å². The molecule has 0 saturated heterocycles. The maximum atomic E-state index is 2.50. The normalized spacial score (nSPS) is 12.7. The van der Waals surface area contributed by atoms with Gasteiger partial charge in [0.15, 0.2) is 0 Å². The van der Waals surface area contributed by atoms with Crippen LogP contribution in [0.2, 0.25) is 0 Å². The lowest BCUT2D eigenvalue weighted by Crippen LogP contribution is -1.95. The molecule has 356 valence electrons. The van der Waals surface area contributed by atoms with Crippen molar-refractivity contribution in [2.75, 3.05) is 0 Å². The fourth-order valence-corrected chi connectivity index (χ4v) is 15.8. The Labute approximate surface area is 441 Å². The standard InChI is InChI=1S/C76H52/c1-37-24-38(2)29-47(28-37)64-55-15-11-14-54-63-44(8)27-43(7)34-62(63)76(71(54)55)75-59-23-19-53-51-18-22-58-69-57(21-17-50(67(51)69)52-16-20-56(72(64)75)70(59)68(52)53)73-65(48-30-39(3)25-40(4)31-48)60-35-45-12-9-10-13-46(45)36-61(60)66(74(58)73)49-32-41(5)26-42(6)33-49/h9-36H,1-8H3. The largest absolute Gasteiger partial charge is 0.0616 e. The monoisotopic (exact) mass is 964 g/mol. The maximum absolute atomic E-state index is 2.50. The van der Waals surface area contributed by atoms with E-state index in [4.69, 9.17) is 0 Å². The highest BCUT2D eigenvalue weighted by molar-refractivity contribution is 6.51. The van der Waals surface area contributed by atoms with E-state index in [-0.39, 0.29) is 0 Å². The number of rotatable bonds is 3. The van der Waals surface area contributed by atoms with Crippen molar-refractivity contribution in [2.45, 2.75) is 55.4 Å². The van der Waals surface area contributed by atoms with Gasteiger partial charge in [-0.15, -0.1) is 0 Å². The highest BCUT2D eigenvalue weighted by Crippen LogP contribution is 2.62. The third-order valence-corrected chi connectivity index (χ3v) is 18.0. The SMILES string of the molecule is Cc1cc(C)cc(-c2c3c(c(-c4cc(C)cc(C)c4)c4cc5ccccc5cc24)-c2ccc4c5ccc6c7c(ccc(c8ccc-3c2c84)c57)c2c(-c3cc(C)cc(C)c3)c3cccc4c5c(C)cc(C)cc5c(c34)c62)c1. The Morgan fingerprint density at radius 1 is 0.197 bits per heavy atom. The lowest BCUT2D eigenvalue weighted by Gasteiger charge is -2.22. The predicted molar refractivity (Wildman–Crippen MR) is 331 cm³/mol. The molecule has 16 aromatic rings. The third-order valence-electron chi connectivity index (χ3n) is 18.0. The Balaban J connectivity index is 1.05. The summed E-state index contributed by atoms with van der Waals surface area (Å²) < 4.78 is 0. The minimum Gasteiger partial charge on any atom is -0.0616 e. The molecule has 0 fully saturated rings. The molecule has 0 heterocycles. The molecule has 0 bridgehead atoms. The highest BCUT2D eigenvalue weighted by Gasteiger charge is 2.34. The van der Waals surface area contributed by atoms with Crippen LogP contribution in [-0.4, -0.2) is 0 Å². The Kier molecular flexibility index (Phi) is 8.11. The van der Waals surface area contributed by atoms with E-state index in [2.05, 4.69) is 225 Å². The zero-order chi connectivity index (χ0) is 50.9. The summed E-state index contributed by atoms with van der Waals surface area (Å²) in [7, 11) is 0. The zero-order valence-corrected chi connectivity index (χ0v) is 44.2. The van der Waals surface area contributed by atoms with Gasteiger partial charge in [0.25, 0.3) is 0 Å². The van der Waals surface area contributed by atoms with Crippen molar-refractivity contribution < 1.29 is 0 Å². The van der Waals surface area contributed by atoms with Crippen molar-refractivity contribution in [2.24, 2.45) is 0 Å². The molecular weight excluding hydrogens is 913 g/mol. The summed E-state index contributed by atoms with van der Waals surface area (Å²) in [5.41, 5.74) is 23.6. The van der Waals surface area contributed by atoms with Crippen LogP contribution in [0.1, 0.15) is 44.5 Å². The summed E-state index contributed by atoms with van der Waals surface area (Å²) >= 11 is 0. The molecule has 1 aliphatic carbocycles. The predicted octanol–water partition coefficient (Wildman–Crippen LogP) is 21.8. The molecule has 0 atom stereocenters. The van der Waals surface area contributed by atoms with Crippen LogP contribution in [0.25, 0.3) is 174 Å². The van der Waals surface area contributed by atoms with Gasteiger partial charge in [0.2, 0.25) is 0 Å². The lowest BCUT2D eigenvalue weighted by atomic mass is 9.81. The van der Waals surface area contributed by atoms with Gasteiger partial charge in [0, 0.05) is 0 Å². The topological polar surface area (TPSA) is 0 Å². The molecule has 0 radical (unpaired) electrons. The first-order chi connectivity index (χ1) is 37.0.